The Labute approximate surface area is 118 Å². The lowest BCUT2D eigenvalue weighted by Crippen LogP contribution is -2.61. The Kier molecular flexibility index (Phi) is 3.89. The van der Waals surface area contributed by atoms with Crippen molar-refractivity contribution in [2.75, 3.05) is 19.6 Å². The second-order valence-electron chi connectivity index (χ2n) is 5.46. The molecular formula is C13H20ClN3S. The Bertz CT molecular complexity index is 392. The predicted molar refractivity (Wildman–Crippen MR) is 76.2 cm³/mol. The number of thiazole rings is 1. The van der Waals surface area contributed by atoms with E-state index in [1.165, 1.54) is 37.0 Å². The highest BCUT2D eigenvalue weighted by molar-refractivity contribution is 7.15. The molecule has 0 atom stereocenters. The summed E-state index contributed by atoms with van der Waals surface area (Å²) >= 11 is 7.55. The van der Waals surface area contributed by atoms with Crippen LogP contribution in [-0.2, 0) is 6.54 Å². The maximum absolute atomic E-state index is 5.93. The highest BCUT2D eigenvalue weighted by Gasteiger charge is 2.39. The summed E-state index contributed by atoms with van der Waals surface area (Å²) in [5.41, 5.74) is 0.396. The largest absolute Gasteiger partial charge is 0.314 e. The summed E-state index contributed by atoms with van der Waals surface area (Å²) in [7, 11) is 0. The molecule has 0 unspecified atom stereocenters. The summed E-state index contributed by atoms with van der Waals surface area (Å²) in [5, 5.41) is 3.59. The fraction of sp³-hybridized carbons (Fsp3) is 0.769. The maximum Gasteiger partial charge on any atom is 0.183 e. The van der Waals surface area contributed by atoms with Crippen molar-refractivity contribution in [1.82, 2.24) is 15.2 Å². The van der Waals surface area contributed by atoms with E-state index in [1.54, 1.807) is 11.3 Å². The minimum absolute atomic E-state index is 0.396. The van der Waals surface area contributed by atoms with Crippen molar-refractivity contribution in [1.29, 1.82) is 0 Å². The molecular weight excluding hydrogens is 266 g/mol. The molecule has 2 heterocycles. The summed E-state index contributed by atoms with van der Waals surface area (Å²) < 4.78 is 0.665. The van der Waals surface area contributed by atoms with E-state index in [0.717, 1.165) is 26.2 Å². The van der Waals surface area contributed by atoms with Gasteiger partial charge in [0.2, 0.25) is 0 Å². The number of rotatable bonds is 2. The van der Waals surface area contributed by atoms with Crippen LogP contribution in [0.4, 0.5) is 0 Å². The molecule has 1 saturated heterocycles. The number of hydrogen-bond donors (Lipinski definition) is 1. The van der Waals surface area contributed by atoms with Gasteiger partial charge in [-0.05, 0) is 12.8 Å². The van der Waals surface area contributed by atoms with E-state index >= 15 is 0 Å². The van der Waals surface area contributed by atoms with Crippen molar-refractivity contribution in [2.24, 2.45) is 0 Å². The molecule has 18 heavy (non-hydrogen) atoms. The van der Waals surface area contributed by atoms with E-state index < -0.39 is 0 Å². The summed E-state index contributed by atoms with van der Waals surface area (Å²) in [6.45, 7) is 4.43. The van der Waals surface area contributed by atoms with Gasteiger partial charge in [-0.15, -0.1) is 11.3 Å². The zero-order valence-corrected chi connectivity index (χ0v) is 12.2. The van der Waals surface area contributed by atoms with Gasteiger partial charge in [-0.2, -0.15) is 0 Å². The van der Waals surface area contributed by atoms with Gasteiger partial charge in [0, 0.05) is 42.8 Å². The number of nitrogens with one attached hydrogen (secondary N) is 1. The smallest absolute Gasteiger partial charge is 0.183 e. The molecule has 2 aliphatic rings. The molecule has 3 rings (SSSR count). The minimum atomic E-state index is 0.396. The summed E-state index contributed by atoms with van der Waals surface area (Å²) in [5.74, 6) is 0. The van der Waals surface area contributed by atoms with Gasteiger partial charge in [-0.25, -0.2) is 4.98 Å². The molecule has 3 nitrogen and oxygen atoms in total. The van der Waals surface area contributed by atoms with Crippen molar-refractivity contribution in [3.05, 3.63) is 15.5 Å². The van der Waals surface area contributed by atoms with Crippen molar-refractivity contribution in [2.45, 2.75) is 44.2 Å². The second-order valence-corrected chi connectivity index (χ2v) is 7.16. The first-order valence-electron chi connectivity index (χ1n) is 6.85. The van der Waals surface area contributed by atoms with E-state index in [0.29, 0.717) is 10.0 Å². The standard InChI is InChI=1S/C13H20ClN3S/c14-12-16-8-11(18-12)9-17-7-6-15-10-13(17)4-2-1-3-5-13/h8,15H,1-7,9-10H2. The van der Waals surface area contributed by atoms with Crippen LogP contribution in [0.15, 0.2) is 6.20 Å². The molecule has 1 aliphatic carbocycles. The van der Waals surface area contributed by atoms with Gasteiger partial charge in [0.25, 0.3) is 0 Å². The van der Waals surface area contributed by atoms with E-state index in [4.69, 9.17) is 11.6 Å². The molecule has 0 aromatic carbocycles. The molecule has 0 radical (unpaired) electrons. The normalized spacial score (nSPS) is 24.5. The first kappa shape index (κ1) is 12.9. The lowest BCUT2D eigenvalue weighted by molar-refractivity contribution is 0.0216. The van der Waals surface area contributed by atoms with Gasteiger partial charge in [0.1, 0.15) is 0 Å². The van der Waals surface area contributed by atoms with Gasteiger partial charge in [-0.1, -0.05) is 30.9 Å². The molecule has 1 aromatic rings. The molecule has 1 N–H and O–H groups in total. The monoisotopic (exact) mass is 285 g/mol. The van der Waals surface area contributed by atoms with Crippen LogP contribution in [0, 0.1) is 0 Å². The SMILES string of the molecule is Clc1ncc(CN2CCNCC23CCCCC3)s1. The average Bonchev–Trinajstić information content (AvgIpc) is 2.79. The molecule has 1 saturated carbocycles. The fourth-order valence-electron chi connectivity index (χ4n) is 3.38. The van der Waals surface area contributed by atoms with E-state index in [1.807, 2.05) is 6.20 Å². The number of nitrogens with zero attached hydrogens (tertiary/aromatic N) is 2. The molecule has 1 aliphatic heterocycles. The Balaban J connectivity index is 1.75. The molecule has 1 aromatic heterocycles. The minimum Gasteiger partial charge on any atom is -0.314 e. The van der Waals surface area contributed by atoms with Crippen LogP contribution in [-0.4, -0.2) is 35.1 Å². The summed E-state index contributed by atoms with van der Waals surface area (Å²) in [4.78, 5) is 8.13. The highest BCUT2D eigenvalue weighted by Crippen LogP contribution is 2.36. The average molecular weight is 286 g/mol. The van der Waals surface area contributed by atoms with Crippen LogP contribution in [0.5, 0.6) is 0 Å². The first-order valence-corrected chi connectivity index (χ1v) is 8.04. The lowest BCUT2D eigenvalue weighted by atomic mass is 9.79. The fourth-order valence-corrected chi connectivity index (χ4v) is 4.37. The van der Waals surface area contributed by atoms with Crippen LogP contribution < -0.4 is 5.32 Å². The molecule has 0 amide bonds. The first-order chi connectivity index (χ1) is 8.78. The Hall–Kier alpha value is -0.160. The molecule has 1 spiro atoms. The lowest BCUT2D eigenvalue weighted by Gasteiger charge is -2.49. The number of piperazine rings is 1. The third-order valence-electron chi connectivity index (χ3n) is 4.34. The van der Waals surface area contributed by atoms with Crippen LogP contribution in [0.2, 0.25) is 4.47 Å². The van der Waals surface area contributed by atoms with Crippen molar-refractivity contribution >= 4 is 22.9 Å². The zero-order valence-electron chi connectivity index (χ0n) is 10.6. The molecule has 0 bridgehead atoms. The topological polar surface area (TPSA) is 28.2 Å². The quantitative estimate of drug-likeness (QED) is 0.906. The van der Waals surface area contributed by atoms with Crippen LogP contribution >= 0.6 is 22.9 Å². The third kappa shape index (κ3) is 2.57. The Morgan fingerprint density at radius 3 is 2.94 bits per heavy atom. The summed E-state index contributed by atoms with van der Waals surface area (Å²) in [6, 6.07) is 0. The van der Waals surface area contributed by atoms with Gasteiger partial charge >= 0.3 is 0 Å². The van der Waals surface area contributed by atoms with Crippen LogP contribution in [0.3, 0.4) is 0 Å². The van der Waals surface area contributed by atoms with E-state index in [-0.39, 0.29) is 0 Å². The van der Waals surface area contributed by atoms with Crippen molar-refractivity contribution in [3.63, 3.8) is 0 Å². The third-order valence-corrected chi connectivity index (χ3v) is 5.44. The molecule has 5 heteroatoms. The predicted octanol–water partition coefficient (Wildman–Crippen LogP) is 2.90. The Morgan fingerprint density at radius 2 is 2.22 bits per heavy atom. The number of halogens is 1. The zero-order chi connectivity index (χ0) is 12.4. The second kappa shape index (κ2) is 5.45. The molecule has 100 valence electrons. The van der Waals surface area contributed by atoms with Crippen molar-refractivity contribution in [3.8, 4) is 0 Å². The van der Waals surface area contributed by atoms with Crippen molar-refractivity contribution < 1.29 is 0 Å². The highest BCUT2D eigenvalue weighted by atomic mass is 35.5. The van der Waals surface area contributed by atoms with E-state index in [2.05, 4.69) is 15.2 Å². The summed E-state index contributed by atoms with van der Waals surface area (Å²) in [6.07, 6.45) is 8.77. The van der Waals surface area contributed by atoms with Crippen LogP contribution in [0.25, 0.3) is 0 Å². The van der Waals surface area contributed by atoms with Gasteiger partial charge in [0.15, 0.2) is 4.47 Å². The van der Waals surface area contributed by atoms with Gasteiger partial charge in [0.05, 0.1) is 0 Å². The van der Waals surface area contributed by atoms with Gasteiger partial charge < -0.3 is 5.32 Å². The number of hydrogen-bond acceptors (Lipinski definition) is 4. The number of aromatic nitrogens is 1. The maximum atomic E-state index is 5.93. The van der Waals surface area contributed by atoms with Crippen LogP contribution in [0.1, 0.15) is 37.0 Å². The molecule has 2 fully saturated rings. The van der Waals surface area contributed by atoms with E-state index in [9.17, 15) is 0 Å². The van der Waals surface area contributed by atoms with Gasteiger partial charge in [-0.3, -0.25) is 4.90 Å². The Morgan fingerprint density at radius 1 is 1.39 bits per heavy atom.